The fourth-order valence-electron chi connectivity index (χ4n) is 4.20. The zero-order chi connectivity index (χ0) is 20.4. The maximum atomic E-state index is 13.3. The number of nitrogens with zero attached hydrogens (tertiary/aromatic N) is 3. The van der Waals surface area contributed by atoms with Gasteiger partial charge in [0.15, 0.2) is 11.8 Å². The first-order valence-electron chi connectivity index (χ1n) is 10.4. The van der Waals surface area contributed by atoms with E-state index >= 15 is 0 Å². The Balaban J connectivity index is 1.61. The third-order valence-electron chi connectivity index (χ3n) is 5.74. The number of fused-ring (bicyclic) bond motifs is 1. The van der Waals surface area contributed by atoms with Crippen LogP contribution in [0.2, 0.25) is 0 Å². The molecule has 1 saturated heterocycles. The van der Waals surface area contributed by atoms with Crippen LogP contribution in [0, 0.1) is 5.82 Å². The second-order valence-electron chi connectivity index (χ2n) is 7.80. The molecule has 0 spiro atoms. The van der Waals surface area contributed by atoms with Gasteiger partial charge in [0.1, 0.15) is 5.82 Å². The van der Waals surface area contributed by atoms with E-state index in [1.165, 1.54) is 12.1 Å². The van der Waals surface area contributed by atoms with E-state index < -0.39 is 12.1 Å². The molecule has 1 aromatic carbocycles. The molecular formula is C22H26FN3O3. The van der Waals surface area contributed by atoms with Gasteiger partial charge >= 0.3 is 5.97 Å². The number of hydrogen-bond acceptors (Lipinski definition) is 4. The monoisotopic (exact) mass is 399 g/mol. The Bertz CT molecular complexity index is 901. The molecule has 0 N–H and O–H groups in total. The van der Waals surface area contributed by atoms with Gasteiger partial charge < -0.3 is 9.64 Å². The molecular weight excluding hydrogens is 373 g/mol. The molecule has 1 atom stereocenters. The molecule has 0 radical (unpaired) electrons. The Morgan fingerprint density at radius 3 is 2.45 bits per heavy atom. The number of aromatic nitrogens is 2. The quantitative estimate of drug-likeness (QED) is 0.584. The van der Waals surface area contributed by atoms with Crippen LogP contribution in [0.4, 0.5) is 4.39 Å². The van der Waals surface area contributed by atoms with Crippen molar-refractivity contribution in [2.75, 3.05) is 13.1 Å². The molecule has 0 bridgehead atoms. The SMILES string of the molecule is C[C@H](OC(=O)c1nn(-c2ccc(F)cc2)c2c1CCCCC2)C(=O)N1CCCC1. The van der Waals surface area contributed by atoms with Gasteiger partial charge in [0, 0.05) is 24.3 Å². The van der Waals surface area contributed by atoms with Crippen LogP contribution >= 0.6 is 0 Å². The van der Waals surface area contributed by atoms with Gasteiger partial charge in [0.25, 0.3) is 5.91 Å². The lowest BCUT2D eigenvalue weighted by Crippen LogP contribution is -2.38. The van der Waals surface area contributed by atoms with Crippen molar-refractivity contribution in [1.82, 2.24) is 14.7 Å². The average molecular weight is 399 g/mol. The van der Waals surface area contributed by atoms with E-state index in [0.29, 0.717) is 5.69 Å². The molecule has 7 heteroatoms. The van der Waals surface area contributed by atoms with Gasteiger partial charge in [0.05, 0.1) is 5.69 Å². The van der Waals surface area contributed by atoms with Gasteiger partial charge in [-0.3, -0.25) is 4.79 Å². The molecule has 1 amide bonds. The van der Waals surface area contributed by atoms with Crippen LogP contribution in [0.5, 0.6) is 0 Å². The summed E-state index contributed by atoms with van der Waals surface area (Å²) in [5, 5.41) is 4.54. The number of carbonyl (C=O) groups excluding carboxylic acids is 2. The van der Waals surface area contributed by atoms with Crippen molar-refractivity contribution in [1.29, 1.82) is 0 Å². The third kappa shape index (κ3) is 4.04. The van der Waals surface area contributed by atoms with Crippen LogP contribution in [-0.2, 0) is 22.4 Å². The van der Waals surface area contributed by atoms with Gasteiger partial charge in [-0.2, -0.15) is 5.10 Å². The van der Waals surface area contributed by atoms with E-state index in [1.54, 1.807) is 28.6 Å². The number of hydrogen-bond donors (Lipinski definition) is 0. The minimum absolute atomic E-state index is 0.153. The van der Waals surface area contributed by atoms with Gasteiger partial charge in [-0.1, -0.05) is 6.42 Å². The van der Waals surface area contributed by atoms with E-state index in [2.05, 4.69) is 5.10 Å². The summed E-state index contributed by atoms with van der Waals surface area (Å²) < 4.78 is 20.6. The first kappa shape index (κ1) is 19.6. The van der Waals surface area contributed by atoms with Crippen molar-refractivity contribution in [2.24, 2.45) is 0 Å². The number of esters is 1. The van der Waals surface area contributed by atoms with E-state index in [4.69, 9.17) is 4.74 Å². The van der Waals surface area contributed by atoms with Crippen LogP contribution in [-0.4, -0.2) is 45.8 Å². The number of ether oxygens (including phenoxy) is 1. The van der Waals surface area contributed by atoms with E-state index in [9.17, 15) is 14.0 Å². The smallest absolute Gasteiger partial charge is 0.359 e. The fourth-order valence-corrected chi connectivity index (χ4v) is 4.20. The minimum atomic E-state index is -0.835. The maximum Gasteiger partial charge on any atom is 0.359 e. The Labute approximate surface area is 169 Å². The van der Waals surface area contributed by atoms with E-state index in [1.807, 2.05) is 0 Å². The number of amides is 1. The molecule has 2 aromatic rings. The Kier molecular flexibility index (Phi) is 5.65. The molecule has 29 heavy (non-hydrogen) atoms. The highest BCUT2D eigenvalue weighted by molar-refractivity contribution is 5.92. The zero-order valence-electron chi connectivity index (χ0n) is 16.7. The molecule has 1 fully saturated rings. The van der Waals surface area contributed by atoms with Crippen LogP contribution < -0.4 is 0 Å². The summed E-state index contributed by atoms with van der Waals surface area (Å²) in [5.74, 6) is -1.04. The molecule has 2 aliphatic rings. The van der Waals surface area contributed by atoms with Gasteiger partial charge in [-0.15, -0.1) is 0 Å². The average Bonchev–Trinajstić information content (AvgIpc) is 3.31. The number of benzene rings is 1. The number of carbonyl (C=O) groups is 2. The first-order valence-corrected chi connectivity index (χ1v) is 10.4. The summed E-state index contributed by atoms with van der Waals surface area (Å²) in [6.45, 7) is 3.05. The highest BCUT2D eigenvalue weighted by Crippen LogP contribution is 2.27. The van der Waals surface area contributed by atoms with Gasteiger partial charge in [-0.25, -0.2) is 13.9 Å². The molecule has 2 heterocycles. The Morgan fingerprint density at radius 1 is 1.03 bits per heavy atom. The summed E-state index contributed by atoms with van der Waals surface area (Å²) in [7, 11) is 0. The zero-order valence-corrected chi connectivity index (χ0v) is 16.7. The van der Waals surface area contributed by atoms with Crippen molar-refractivity contribution >= 4 is 11.9 Å². The third-order valence-corrected chi connectivity index (χ3v) is 5.74. The standard InChI is InChI=1S/C22H26FN3O3/c1-15(21(27)25-13-5-6-14-25)29-22(28)20-18-7-3-2-4-8-19(18)26(24-20)17-11-9-16(23)10-12-17/h9-12,15H,2-8,13-14H2,1H3/t15-/m0/s1. The molecule has 6 nitrogen and oxygen atoms in total. The van der Waals surface area contributed by atoms with E-state index in [-0.39, 0.29) is 17.4 Å². The second kappa shape index (κ2) is 8.35. The largest absolute Gasteiger partial charge is 0.448 e. The summed E-state index contributed by atoms with van der Waals surface area (Å²) >= 11 is 0. The molecule has 1 aromatic heterocycles. The van der Waals surface area contributed by atoms with Crippen molar-refractivity contribution in [3.05, 3.63) is 47.0 Å². The Morgan fingerprint density at radius 2 is 1.72 bits per heavy atom. The molecule has 0 unspecified atom stereocenters. The highest BCUT2D eigenvalue weighted by Gasteiger charge is 2.30. The minimum Gasteiger partial charge on any atom is -0.448 e. The fraction of sp³-hybridized carbons (Fsp3) is 0.500. The lowest BCUT2D eigenvalue weighted by molar-refractivity contribution is -0.138. The topological polar surface area (TPSA) is 64.4 Å². The molecule has 1 aliphatic heterocycles. The lowest BCUT2D eigenvalue weighted by Gasteiger charge is -2.20. The van der Waals surface area contributed by atoms with Gasteiger partial charge in [-0.05, 0) is 69.7 Å². The van der Waals surface area contributed by atoms with Crippen LogP contribution in [0.15, 0.2) is 24.3 Å². The summed E-state index contributed by atoms with van der Waals surface area (Å²) in [6.07, 6.45) is 5.76. The molecule has 0 saturated carbocycles. The second-order valence-corrected chi connectivity index (χ2v) is 7.80. The normalized spacial score (nSPS) is 17.5. The number of likely N-dealkylation sites (tertiary alicyclic amines) is 1. The summed E-state index contributed by atoms with van der Waals surface area (Å²) in [6, 6.07) is 6.08. The van der Waals surface area contributed by atoms with Crippen molar-refractivity contribution in [2.45, 2.75) is 58.0 Å². The van der Waals surface area contributed by atoms with Crippen molar-refractivity contribution in [3.8, 4) is 5.69 Å². The predicted molar refractivity (Wildman–Crippen MR) is 105 cm³/mol. The number of halogens is 1. The van der Waals surface area contributed by atoms with E-state index in [0.717, 1.165) is 69.3 Å². The van der Waals surface area contributed by atoms with Crippen LogP contribution in [0.25, 0.3) is 5.69 Å². The first-order chi connectivity index (χ1) is 14.0. The molecule has 154 valence electrons. The lowest BCUT2D eigenvalue weighted by atomic mass is 10.1. The van der Waals surface area contributed by atoms with Crippen LogP contribution in [0.3, 0.4) is 0 Å². The Hall–Kier alpha value is -2.70. The van der Waals surface area contributed by atoms with Crippen LogP contribution in [0.1, 0.15) is 60.8 Å². The van der Waals surface area contributed by atoms with Crippen molar-refractivity contribution < 1.29 is 18.7 Å². The van der Waals surface area contributed by atoms with Gasteiger partial charge in [0.2, 0.25) is 0 Å². The maximum absolute atomic E-state index is 13.3. The summed E-state index contributed by atoms with van der Waals surface area (Å²) in [4.78, 5) is 27.2. The van der Waals surface area contributed by atoms with Crippen molar-refractivity contribution in [3.63, 3.8) is 0 Å². The highest BCUT2D eigenvalue weighted by atomic mass is 19.1. The molecule has 4 rings (SSSR count). The summed E-state index contributed by atoms with van der Waals surface area (Å²) in [5.41, 5.74) is 2.84. The predicted octanol–water partition coefficient (Wildman–Crippen LogP) is 3.45. The molecule has 1 aliphatic carbocycles. The number of rotatable bonds is 4.